The SMILES string of the molecule is CCC[n+]1cccc(C)c1C(F)(F)F. The minimum absolute atomic E-state index is 0.272. The van der Waals surface area contributed by atoms with Gasteiger partial charge in [0.2, 0.25) is 0 Å². The fourth-order valence-corrected chi connectivity index (χ4v) is 1.48. The van der Waals surface area contributed by atoms with E-state index in [1.165, 1.54) is 23.8 Å². The molecule has 0 saturated carbocycles. The van der Waals surface area contributed by atoms with E-state index in [1.807, 2.05) is 6.92 Å². The number of pyridine rings is 1. The monoisotopic (exact) mass is 204 g/mol. The standard InChI is InChI=1S/C10H13F3N/c1-3-6-14-7-4-5-8(2)9(14)10(11,12)13/h4-5,7H,3,6H2,1-2H3/q+1. The fourth-order valence-electron chi connectivity index (χ4n) is 1.48. The normalized spacial score (nSPS) is 11.8. The van der Waals surface area contributed by atoms with Gasteiger partial charge in [-0.15, -0.1) is 0 Å². The average molecular weight is 204 g/mol. The minimum atomic E-state index is -4.26. The molecule has 0 aliphatic carbocycles. The third kappa shape index (κ3) is 2.25. The van der Waals surface area contributed by atoms with Crippen LogP contribution in [0.15, 0.2) is 18.3 Å². The van der Waals surface area contributed by atoms with Crippen molar-refractivity contribution in [2.45, 2.75) is 33.0 Å². The van der Waals surface area contributed by atoms with Crippen LogP contribution in [0.2, 0.25) is 0 Å². The maximum Gasteiger partial charge on any atom is 0.477 e. The quantitative estimate of drug-likeness (QED) is 0.652. The number of aryl methyl sites for hydroxylation is 2. The first-order chi connectivity index (χ1) is 6.46. The van der Waals surface area contributed by atoms with E-state index < -0.39 is 11.9 Å². The van der Waals surface area contributed by atoms with Crippen LogP contribution in [0.4, 0.5) is 13.2 Å². The Balaban J connectivity index is 3.22. The molecule has 0 aliphatic heterocycles. The first kappa shape index (κ1) is 11.0. The van der Waals surface area contributed by atoms with Gasteiger partial charge < -0.3 is 0 Å². The molecule has 0 saturated heterocycles. The van der Waals surface area contributed by atoms with Gasteiger partial charge in [-0.05, 0) is 13.0 Å². The summed E-state index contributed by atoms with van der Waals surface area (Å²) in [4.78, 5) is 0. The van der Waals surface area contributed by atoms with Gasteiger partial charge in [-0.3, -0.25) is 0 Å². The summed E-state index contributed by atoms with van der Waals surface area (Å²) in [6.07, 6.45) is -2.10. The summed E-state index contributed by atoms with van der Waals surface area (Å²) in [5.74, 6) is 0. The first-order valence-corrected chi connectivity index (χ1v) is 4.53. The average Bonchev–Trinajstić information content (AvgIpc) is 2.02. The molecule has 1 aromatic rings. The zero-order valence-corrected chi connectivity index (χ0v) is 8.23. The van der Waals surface area contributed by atoms with Crippen molar-refractivity contribution >= 4 is 0 Å². The van der Waals surface area contributed by atoms with Gasteiger partial charge >= 0.3 is 6.18 Å². The topological polar surface area (TPSA) is 3.88 Å². The molecule has 78 valence electrons. The highest BCUT2D eigenvalue weighted by Gasteiger charge is 2.42. The van der Waals surface area contributed by atoms with Gasteiger partial charge in [0.25, 0.3) is 5.69 Å². The van der Waals surface area contributed by atoms with Gasteiger partial charge in [-0.1, -0.05) is 6.92 Å². The second kappa shape index (κ2) is 3.98. The Bertz CT molecular complexity index is 318. The maximum absolute atomic E-state index is 12.6. The first-order valence-electron chi connectivity index (χ1n) is 4.53. The molecule has 0 atom stereocenters. The molecule has 4 heteroatoms. The zero-order valence-electron chi connectivity index (χ0n) is 8.23. The van der Waals surface area contributed by atoms with Gasteiger partial charge in [-0.25, -0.2) is 0 Å². The van der Waals surface area contributed by atoms with Crippen molar-refractivity contribution in [3.8, 4) is 0 Å². The van der Waals surface area contributed by atoms with E-state index in [1.54, 1.807) is 6.07 Å². The highest BCUT2D eigenvalue weighted by Crippen LogP contribution is 2.28. The molecule has 0 aliphatic rings. The highest BCUT2D eigenvalue weighted by atomic mass is 19.4. The lowest BCUT2D eigenvalue weighted by molar-refractivity contribution is -0.715. The molecule has 1 nitrogen and oxygen atoms in total. The van der Waals surface area contributed by atoms with Gasteiger partial charge in [0.1, 0.15) is 6.54 Å². The molecule has 1 aromatic heterocycles. The van der Waals surface area contributed by atoms with Crippen molar-refractivity contribution < 1.29 is 17.7 Å². The summed E-state index contributed by atoms with van der Waals surface area (Å²) in [5.41, 5.74) is -0.268. The van der Waals surface area contributed by atoms with Crippen LogP contribution in [0.25, 0.3) is 0 Å². The molecule has 0 bridgehead atoms. The summed E-state index contributed by atoms with van der Waals surface area (Å²) in [6, 6.07) is 3.12. The lowest BCUT2D eigenvalue weighted by atomic mass is 10.2. The number of aromatic nitrogens is 1. The van der Waals surface area contributed by atoms with Gasteiger partial charge in [0.05, 0.1) is 0 Å². The lowest BCUT2D eigenvalue weighted by Crippen LogP contribution is -2.42. The molecular formula is C10H13F3N+. The maximum atomic E-state index is 12.6. The summed E-state index contributed by atoms with van der Waals surface area (Å²) in [7, 11) is 0. The van der Waals surface area contributed by atoms with Gasteiger partial charge in [-0.2, -0.15) is 17.7 Å². The molecule has 0 amide bonds. The van der Waals surface area contributed by atoms with Crippen LogP contribution in [0.5, 0.6) is 0 Å². The van der Waals surface area contributed by atoms with E-state index >= 15 is 0 Å². The second-order valence-electron chi connectivity index (χ2n) is 3.23. The van der Waals surface area contributed by atoms with Crippen LogP contribution in [0, 0.1) is 6.92 Å². The molecule has 14 heavy (non-hydrogen) atoms. The van der Waals surface area contributed by atoms with E-state index in [4.69, 9.17) is 0 Å². The molecular weight excluding hydrogens is 191 g/mol. The molecule has 0 radical (unpaired) electrons. The van der Waals surface area contributed by atoms with Crippen molar-refractivity contribution in [3.05, 3.63) is 29.6 Å². The van der Waals surface area contributed by atoms with Crippen LogP contribution in [0.3, 0.4) is 0 Å². The Hall–Kier alpha value is -1.06. The predicted molar refractivity (Wildman–Crippen MR) is 46.7 cm³/mol. The van der Waals surface area contributed by atoms with Gasteiger partial charge in [0.15, 0.2) is 6.20 Å². The number of halogens is 3. The van der Waals surface area contributed by atoms with Crippen molar-refractivity contribution in [2.75, 3.05) is 0 Å². The summed E-state index contributed by atoms with van der Waals surface area (Å²) >= 11 is 0. The third-order valence-corrected chi connectivity index (χ3v) is 2.01. The van der Waals surface area contributed by atoms with E-state index in [-0.39, 0.29) is 5.56 Å². The Morgan fingerprint density at radius 1 is 1.36 bits per heavy atom. The highest BCUT2D eigenvalue weighted by molar-refractivity contribution is 5.15. The predicted octanol–water partition coefficient (Wildman–Crippen LogP) is 2.71. The van der Waals surface area contributed by atoms with Crippen LogP contribution >= 0.6 is 0 Å². The summed E-state index contributed by atoms with van der Waals surface area (Å²) in [5, 5.41) is 0. The van der Waals surface area contributed by atoms with Gasteiger partial charge in [0, 0.05) is 18.1 Å². The Labute approximate surface area is 81.2 Å². The third-order valence-electron chi connectivity index (χ3n) is 2.01. The van der Waals surface area contributed by atoms with Crippen LogP contribution < -0.4 is 4.57 Å². The van der Waals surface area contributed by atoms with E-state index in [0.29, 0.717) is 13.0 Å². The number of hydrogen-bond donors (Lipinski definition) is 0. The summed E-state index contributed by atoms with van der Waals surface area (Å²) < 4.78 is 39.1. The minimum Gasteiger partial charge on any atom is -0.194 e. The number of rotatable bonds is 2. The van der Waals surface area contributed by atoms with E-state index in [2.05, 4.69) is 0 Å². The van der Waals surface area contributed by atoms with Crippen LogP contribution in [-0.2, 0) is 12.7 Å². The van der Waals surface area contributed by atoms with Crippen molar-refractivity contribution in [2.24, 2.45) is 0 Å². The second-order valence-corrected chi connectivity index (χ2v) is 3.23. The van der Waals surface area contributed by atoms with Crippen LogP contribution in [0.1, 0.15) is 24.6 Å². The molecule has 0 N–H and O–H groups in total. The fraction of sp³-hybridized carbons (Fsp3) is 0.500. The smallest absolute Gasteiger partial charge is 0.194 e. The molecule has 0 aromatic carbocycles. The van der Waals surface area contributed by atoms with Crippen molar-refractivity contribution in [1.82, 2.24) is 0 Å². The number of nitrogens with zero attached hydrogens (tertiary/aromatic N) is 1. The van der Waals surface area contributed by atoms with Crippen molar-refractivity contribution in [3.63, 3.8) is 0 Å². The van der Waals surface area contributed by atoms with E-state index in [9.17, 15) is 13.2 Å². The summed E-state index contributed by atoms with van der Waals surface area (Å²) in [6.45, 7) is 3.74. The Kier molecular flexibility index (Phi) is 3.13. The Morgan fingerprint density at radius 3 is 2.50 bits per heavy atom. The zero-order chi connectivity index (χ0) is 10.8. The largest absolute Gasteiger partial charge is 0.477 e. The number of alkyl halides is 3. The Morgan fingerprint density at radius 2 is 2.00 bits per heavy atom. The number of hydrogen-bond acceptors (Lipinski definition) is 0. The molecule has 0 unspecified atom stereocenters. The molecule has 1 rings (SSSR count). The molecule has 0 spiro atoms. The van der Waals surface area contributed by atoms with E-state index in [0.717, 1.165) is 0 Å². The lowest BCUT2D eigenvalue weighted by Gasteiger charge is -2.08. The van der Waals surface area contributed by atoms with Crippen molar-refractivity contribution in [1.29, 1.82) is 0 Å². The van der Waals surface area contributed by atoms with Crippen LogP contribution in [-0.4, -0.2) is 0 Å². The molecule has 0 fully saturated rings. The molecule has 1 heterocycles.